The largest absolute Gasteiger partial charge is 0.496 e. The maximum atomic E-state index is 12.2. The molecule has 5 heteroatoms. The molecule has 0 fully saturated rings. The number of thioether (sulfide) groups is 1. The molecule has 2 rings (SSSR count). The number of rotatable bonds is 6. The van der Waals surface area contributed by atoms with Gasteiger partial charge in [0.1, 0.15) is 5.75 Å². The third-order valence-electron chi connectivity index (χ3n) is 3.66. The number of ether oxygens (including phenoxy) is 1. The monoisotopic (exact) mass is 407 g/mol. The summed E-state index contributed by atoms with van der Waals surface area (Å²) in [7, 11) is 1.65. The normalized spacial score (nSPS) is 10.5. The van der Waals surface area contributed by atoms with E-state index in [-0.39, 0.29) is 5.91 Å². The van der Waals surface area contributed by atoms with Crippen molar-refractivity contribution in [3.63, 3.8) is 0 Å². The summed E-state index contributed by atoms with van der Waals surface area (Å²) in [5, 5.41) is 3.03. The minimum Gasteiger partial charge on any atom is -0.496 e. The van der Waals surface area contributed by atoms with Gasteiger partial charge in [0.2, 0.25) is 5.91 Å². The smallest absolute Gasteiger partial charge is 0.234 e. The molecule has 0 aliphatic rings. The SMILES string of the molecule is COc1ccc(CSCC(=O)Nc2c(C)cc(C)cc2C)cc1Br. The first-order valence-electron chi connectivity index (χ1n) is 7.68. The van der Waals surface area contributed by atoms with Crippen LogP contribution in [-0.4, -0.2) is 18.8 Å². The molecule has 0 heterocycles. The first-order chi connectivity index (χ1) is 11.4. The summed E-state index contributed by atoms with van der Waals surface area (Å²) in [6, 6.07) is 10.1. The molecule has 3 nitrogen and oxygen atoms in total. The van der Waals surface area contributed by atoms with Crippen molar-refractivity contribution in [2.45, 2.75) is 26.5 Å². The van der Waals surface area contributed by atoms with Crippen molar-refractivity contribution in [2.24, 2.45) is 0 Å². The molecule has 1 amide bonds. The minimum atomic E-state index is 0.0302. The molecular weight excluding hydrogens is 386 g/mol. The quantitative estimate of drug-likeness (QED) is 0.709. The van der Waals surface area contributed by atoms with E-state index in [1.807, 2.05) is 32.0 Å². The number of anilines is 1. The van der Waals surface area contributed by atoms with Crippen LogP contribution in [0.5, 0.6) is 5.75 Å². The minimum absolute atomic E-state index is 0.0302. The third-order valence-corrected chi connectivity index (χ3v) is 5.28. The number of methoxy groups -OCH3 is 1. The van der Waals surface area contributed by atoms with Crippen molar-refractivity contribution in [3.05, 3.63) is 57.1 Å². The molecule has 0 saturated heterocycles. The molecule has 24 heavy (non-hydrogen) atoms. The molecule has 0 aliphatic heterocycles. The van der Waals surface area contributed by atoms with Crippen LogP contribution in [0.2, 0.25) is 0 Å². The topological polar surface area (TPSA) is 38.3 Å². The Balaban J connectivity index is 1.89. The number of nitrogens with one attached hydrogen (secondary N) is 1. The fourth-order valence-corrected chi connectivity index (χ4v) is 3.98. The number of hydrogen-bond acceptors (Lipinski definition) is 3. The van der Waals surface area contributed by atoms with E-state index in [1.165, 1.54) is 5.56 Å². The predicted octanol–water partition coefficient (Wildman–Crippen LogP) is 5.25. The van der Waals surface area contributed by atoms with Crippen LogP contribution in [0.4, 0.5) is 5.69 Å². The van der Waals surface area contributed by atoms with Crippen molar-refractivity contribution in [2.75, 3.05) is 18.2 Å². The van der Waals surface area contributed by atoms with Gasteiger partial charge in [-0.1, -0.05) is 23.8 Å². The summed E-state index contributed by atoms with van der Waals surface area (Å²) >= 11 is 5.08. The van der Waals surface area contributed by atoms with Crippen LogP contribution in [-0.2, 0) is 10.5 Å². The Morgan fingerprint density at radius 2 is 1.83 bits per heavy atom. The van der Waals surface area contributed by atoms with Gasteiger partial charge >= 0.3 is 0 Å². The summed E-state index contributed by atoms with van der Waals surface area (Å²) in [6.07, 6.45) is 0. The van der Waals surface area contributed by atoms with Crippen molar-refractivity contribution in [1.82, 2.24) is 0 Å². The summed E-state index contributed by atoms with van der Waals surface area (Å²) in [5.74, 6) is 2.05. The summed E-state index contributed by atoms with van der Waals surface area (Å²) in [5.41, 5.74) is 5.50. The Morgan fingerprint density at radius 1 is 1.17 bits per heavy atom. The second-order valence-corrected chi connectivity index (χ2v) is 7.62. The second-order valence-electron chi connectivity index (χ2n) is 5.78. The number of carbonyl (C=O) groups is 1. The first kappa shape index (κ1) is 18.9. The zero-order valence-corrected chi connectivity index (χ0v) is 16.8. The number of halogens is 1. The number of aryl methyl sites for hydroxylation is 3. The first-order valence-corrected chi connectivity index (χ1v) is 9.63. The van der Waals surface area contributed by atoms with E-state index in [4.69, 9.17) is 4.74 Å². The molecule has 0 unspecified atom stereocenters. The lowest BCUT2D eigenvalue weighted by atomic mass is 10.1. The van der Waals surface area contributed by atoms with Crippen molar-refractivity contribution in [3.8, 4) is 5.75 Å². The fraction of sp³-hybridized carbons (Fsp3) is 0.316. The molecule has 128 valence electrons. The second kappa shape index (κ2) is 8.58. The Hall–Kier alpha value is -1.46. The van der Waals surface area contributed by atoms with E-state index >= 15 is 0 Å². The van der Waals surface area contributed by atoms with Gasteiger partial charge in [-0.25, -0.2) is 0 Å². The summed E-state index contributed by atoms with van der Waals surface area (Å²) < 4.78 is 6.15. The van der Waals surface area contributed by atoms with Crippen LogP contribution in [0.25, 0.3) is 0 Å². The lowest BCUT2D eigenvalue weighted by Gasteiger charge is -2.13. The molecule has 2 aromatic rings. The van der Waals surface area contributed by atoms with Crippen LogP contribution in [0, 0.1) is 20.8 Å². The highest BCUT2D eigenvalue weighted by molar-refractivity contribution is 9.10. The van der Waals surface area contributed by atoms with E-state index in [1.54, 1.807) is 18.9 Å². The van der Waals surface area contributed by atoms with Crippen molar-refractivity contribution >= 4 is 39.3 Å². The molecule has 1 N–H and O–H groups in total. The van der Waals surface area contributed by atoms with Gasteiger partial charge in [0.25, 0.3) is 0 Å². The molecule has 0 spiro atoms. The molecule has 0 radical (unpaired) electrons. The molecule has 0 atom stereocenters. The molecular formula is C19H22BrNO2S. The molecule has 0 aliphatic carbocycles. The summed E-state index contributed by atoms with van der Waals surface area (Å²) in [4.78, 5) is 12.2. The van der Waals surface area contributed by atoms with Crippen molar-refractivity contribution in [1.29, 1.82) is 0 Å². The number of benzene rings is 2. The van der Waals surface area contributed by atoms with Gasteiger partial charge < -0.3 is 10.1 Å². The highest BCUT2D eigenvalue weighted by Gasteiger charge is 2.09. The number of hydrogen-bond donors (Lipinski definition) is 1. The van der Waals surface area contributed by atoms with Gasteiger partial charge in [0, 0.05) is 11.4 Å². The lowest BCUT2D eigenvalue weighted by molar-refractivity contribution is -0.113. The van der Waals surface area contributed by atoms with E-state index < -0.39 is 0 Å². The van der Waals surface area contributed by atoms with Gasteiger partial charge in [-0.05, 0) is 65.5 Å². The standard InChI is InChI=1S/C19H22BrNO2S/c1-12-7-13(2)19(14(3)8-12)21-18(22)11-24-10-15-5-6-17(23-4)16(20)9-15/h5-9H,10-11H2,1-4H3,(H,21,22). The predicted molar refractivity (Wildman–Crippen MR) is 106 cm³/mol. The maximum absolute atomic E-state index is 12.2. The molecule has 2 aromatic carbocycles. The average Bonchev–Trinajstić information content (AvgIpc) is 2.51. The maximum Gasteiger partial charge on any atom is 0.234 e. The Morgan fingerprint density at radius 3 is 2.42 bits per heavy atom. The molecule has 0 bridgehead atoms. The Bertz CT molecular complexity index is 723. The number of carbonyl (C=O) groups excluding carboxylic acids is 1. The highest BCUT2D eigenvalue weighted by atomic mass is 79.9. The van der Waals surface area contributed by atoms with E-state index in [9.17, 15) is 4.79 Å². The Kier molecular flexibility index (Phi) is 6.75. The van der Waals surface area contributed by atoms with Gasteiger partial charge in [0.05, 0.1) is 17.3 Å². The lowest BCUT2D eigenvalue weighted by Crippen LogP contribution is -2.16. The van der Waals surface area contributed by atoms with Gasteiger partial charge in [-0.2, -0.15) is 0 Å². The highest BCUT2D eigenvalue weighted by Crippen LogP contribution is 2.27. The zero-order valence-electron chi connectivity index (χ0n) is 14.4. The molecule has 0 saturated carbocycles. The zero-order chi connectivity index (χ0) is 17.7. The van der Waals surface area contributed by atoms with Crippen LogP contribution in [0.15, 0.2) is 34.8 Å². The van der Waals surface area contributed by atoms with Crippen LogP contribution >= 0.6 is 27.7 Å². The van der Waals surface area contributed by atoms with Gasteiger partial charge in [0.15, 0.2) is 0 Å². The van der Waals surface area contributed by atoms with Crippen LogP contribution < -0.4 is 10.1 Å². The fourth-order valence-electron chi connectivity index (χ4n) is 2.61. The van der Waals surface area contributed by atoms with Crippen LogP contribution in [0.3, 0.4) is 0 Å². The van der Waals surface area contributed by atoms with Gasteiger partial charge in [-0.3, -0.25) is 4.79 Å². The van der Waals surface area contributed by atoms with Gasteiger partial charge in [-0.15, -0.1) is 11.8 Å². The van der Waals surface area contributed by atoms with Crippen molar-refractivity contribution < 1.29 is 9.53 Å². The van der Waals surface area contributed by atoms with E-state index in [0.29, 0.717) is 5.75 Å². The van der Waals surface area contributed by atoms with E-state index in [2.05, 4.69) is 40.3 Å². The number of amides is 1. The average molecular weight is 408 g/mol. The Labute approximate surface area is 156 Å². The van der Waals surface area contributed by atoms with Crippen LogP contribution in [0.1, 0.15) is 22.3 Å². The third kappa shape index (κ3) is 5.02. The molecule has 0 aromatic heterocycles. The summed E-state index contributed by atoms with van der Waals surface area (Å²) in [6.45, 7) is 6.11. The van der Waals surface area contributed by atoms with E-state index in [0.717, 1.165) is 38.4 Å².